The molecule has 4 N–H and O–H groups in total. The topological polar surface area (TPSA) is 158 Å². The number of nitrogens with one attached hydrogen (secondary N) is 2. The fraction of sp³-hybridized carbons (Fsp3) is 0.241. The third-order valence-electron chi connectivity index (χ3n) is 6.47. The first kappa shape index (κ1) is 27.9. The minimum absolute atomic E-state index is 0.0538. The van der Waals surface area contributed by atoms with Gasteiger partial charge in [-0.2, -0.15) is 0 Å². The number of ether oxygens (including phenoxy) is 2. The molecule has 12 heteroatoms. The van der Waals surface area contributed by atoms with Crippen LogP contribution in [-0.4, -0.2) is 53.0 Å². The summed E-state index contributed by atoms with van der Waals surface area (Å²) >= 11 is 1.56. The predicted molar refractivity (Wildman–Crippen MR) is 154 cm³/mol. The molecule has 210 valence electrons. The van der Waals surface area contributed by atoms with Gasteiger partial charge in [0.15, 0.2) is 11.5 Å². The molecular formula is C29H28N6O5S. The highest BCUT2D eigenvalue weighted by atomic mass is 32.1. The van der Waals surface area contributed by atoms with Crippen molar-refractivity contribution in [2.75, 3.05) is 25.6 Å². The number of rotatable bonds is 8. The van der Waals surface area contributed by atoms with Crippen LogP contribution in [0.25, 0.3) is 21.6 Å². The molecule has 5 rings (SSSR count). The second-order valence-electron chi connectivity index (χ2n) is 9.16. The summed E-state index contributed by atoms with van der Waals surface area (Å²) < 4.78 is 11.1. The van der Waals surface area contributed by atoms with E-state index >= 15 is 0 Å². The Morgan fingerprint density at radius 3 is 2.66 bits per heavy atom. The summed E-state index contributed by atoms with van der Waals surface area (Å²) in [5.74, 6) is -0.867. The van der Waals surface area contributed by atoms with Gasteiger partial charge in [0.25, 0.3) is 11.8 Å². The number of methoxy groups -OCH3 is 1. The molecular weight excluding hydrogens is 544 g/mol. The predicted octanol–water partition coefficient (Wildman–Crippen LogP) is 3.84. The van der Waals surface area contributed by atoms with Gasteiger partial charge in [0.05, 0.1) is 31.8 Å². The van der Waals surface area contributed by atoms with Gasteiger partial charge >= 0.3 is 5.97 Å². The largest absolute Gasteiger partial charge is 0.493 e. The Morgan fingerprint density at radius 1 is 1.07 bits per heavy atom. The number of anilines is 1. The third-order valence-corrected chi connectivity index (χ3v) is 7.46. The van der Waals surface area contributed by atoms with Crippen LogP contribution in [0.15, 0.2) is 48.1 Å². The lowest BCUT2D eigenvalue weighted by Crippen LogP contribution is -2.26. The van der Waals surface area contributed by atoms with Gasteiger partial charge in [-0.3, -0.25) is 14.6 Å². The molecule has 3 aromatic heterocycles. The van der Waals surface area contributed by atoms with Gasteiger partial charge < -0.3 is 25.8 Å². The number of benzene rings is 1. The van der Waals surface area contributed by atoms with Crippen molar-refractivity contribution in [3.05, 3.63) is 76.3 Å². The zero-order chi connectivity index (χ0) is 28.9. The van der Waals surface area contributed by atoms with Crippen LogP contribution in [0, 0.1) is 0 Å². The van der Waals surface area contributed by atoms with Gasteiger partial charge in [-0.25, -0.2) is 14.8 Å². The summed E-state index contributed by atoms with van der Waals surface area (Å²) in [5, 5.41) is 7.54. The van der Waals surface area contributed by atoms with E-state index in [1.165, 1.54) is 25.6 Å². The van der Waals surface area contributed by atoms with Crippen LogP contribution in [0.1, 0.15) is 55.9 Å². The van der Waals surface area contributed by atoms with Gasteiger partial charge in [-0.15, -0.1) is 11.3 Å². The molecule has 0 spiro atoms. The molecule has 0 radical (unpaired) electrons. The normalized spacial score (nSPS) is 11.9. The molecule has 2 amide bonds. The summed E-state index contributed by atoms with van der Waals surface area (Å²) in [6, 6.07) is 8.60. The lowest BCUT2D eigenvalue weighted by Gasteiger charge is -2.17. The van der Waals surface area contributed by atoms with Crippen LogP contribution in [0.5, 0.6) is 5.75 Å². The highest BCUT2D eigenvalue weighted by molar-refractivity contribution is 7.13. The van der Waals surface area contributed by atoms with E-state index in [0.717, 1.165) is 22.4 Å². The summed E-state index contributed by atoms with van der Waals surface area (Å²) in [5.41, 5.74) is 8.95. The van der Waals surface area contributed by atoms with E-state index in [2.05, 4.69) is 25.6 Å². The minimum atomic E-state index is -0.754. The summed E-state index contributed by atoms with van der Waals surface area (Å²) in [7, 11) is 1.23. The summed E-state index contributed by atoms with van der Waals surface area (Å²) in [6.07, 6.45) is 4.37. The maximum absolute atomic E-state index is 13.8. The summed E-state index contributed by atoms with van der Waals surface area (Å²) in [6.45, 7) is 3.06. The smallest absolute Gasteiger partial charge is 0.357 e. The number of fused-ring (bicyclic) bond motifs is 3. The fourth-order valence-corrected chi connectivity index (χ4v) is 5.40. The number of hydrogen-bond donors (Lipinski definition) is 3. The molecule has 4 heterocycles. The average molecular weight is 573 g/mol. The Morgan fingerprint density at radius 2 is 1.93 bits per heavy atom. The Kier molecular flexibility index (Phi) is 8.31. The second kappa shape index (κ2) is 12.2. The molecule has 0 unspecified atom stereocenters. The van der Waals surface area contributed by atoms with Crippen LogP contribution in [0.2, 0.25) is 0 Å². The van der Waals surface area contributed by atoms with Crippen molar-refractivity contribution in [2.45, 2.75) is 26.3 Å². The maximum Gasteiger partial charge on any atom is 0.357 e. The standard InChI is InChI=1S/C29H28N6O5S/c1-3-8-31-28(37)22-5-4-18(25(34-22)29(38)39-2)19-12-23-21(26-16(6-9-40-23)7-10-41-26)11-20(19)27(36)35-24-15-32-17(13-30)14-33-24/h4-5,7,10-12,14-15H,3,6,8-9,13,30H2,1-2H3,(H,31,37)(H,33,35,36). The van der Waals surface area contributed by atoms with E-state index in [0.29, 0.717) is 42.1 Å². The van der Waals surface area contributed by atoms with E-state index in [1.54, 1.807) is 29.5 Å². The second-order valence-corrected chi connectivity index (χ2v) is 10.1. The number of thiophene rings is 1. The van der Waals surface area contributed by atoms with Crippen LogP contribution >= 0.6 is 11.3 Å². The van der Waals surface area contributed by atoms with E-state index in [1.807, 2.05) is 18.4 Å². The first-order valence-corrected chi connectivity index (χ1v) is 13.9. The van der Waals surface area contributed by atoms with Crippen LogP contribution in [0.4, 0.5) is 5.82 Å². The third kappa shape index (κ3) is 5.79. The maximum atomic E-state index is 13.8. The van der Waals surface area contributed by atoms with Gasteiger partial charge in [0.1, 0.15) is 11.4 Å². The van der Waals surface area contributed by atoms with Crippen molar-refractivity contribution in [3.63, 3.8) is 0 Å². The monoisotopic (exact) mass is 572 g/mol. The summed E-state index contributed by atoms with van der Waals surface area (Å²) in [4.78, 5) is 53.1. The number of pyridine rings is 1. The van der Waals surface area contributed by atoms with Crippen molar-refractivity contribution in [2.24, 2.45) is 5.73 Å². The van der Waals surface area contributed by atoms with Gasteiger partial charge in [-0.05, 0) is 47.7 Å². The SMILES string of the molecule is CCCNC(=O)c1ccc(-c2cc3c(cc2C(=O)Nc2cnc(CN)cn2)-c2sccc2CCO3)c(C(=O)OC)n1. The first-order valence-electron chi connectivity index (χ1n) is 13.0. The molecule has 4 aromatic rings. The number of aromatic nitrogens is 3. The zero-order valence-corrected chi connectivity index (χ0v) is 23.3. The Bertz CT molecular complexity index is 1620. The van der Waals surface area contributed by atoms with E-state index in [-0.39, 0.29) is 29.3 Å². The zero-order valence-electron chi connectivity index (χ0n) is 22.5. The molecule has 0 aliphatic carbocycles. The van der Waals surface area contributed by atoms with Gasteiger partial charge in [-0.1, -0.05) is 6.92 Å². The Balaban J connectivity index is 1.66. The minimum Gasteiger partial charge on any atom is -0.493 e. The number of hydrogen-bond acceptors (Lipinski definition) is 10. The molecule has 0 fully saturated rings. The molecule has 11 nitrogen and oxygen atoms in total. The molecule has 1 aliphatic heterocycles. The first-order chi connectivity index (χ1) is 19.9. The molecule has 1 aliphatic rings. The number of esters is 1. The molecule has 1 aromatic carbocycles. The number of nitrogens with zero attached hydrogens (tertiary/aromatic N) is 3. The van der Waals surface area contributed by atoms with Gasteiger partial charge in [0, 0.05) is 46.6 Å². The number of amides is 2. The van der Waals surface area contributed by atoms with E-state index < -0.39 is 17.8 Å². The Labute approximate surface area is 240 Å². The highest BCUT2D eigenvalue weighted by Gasteiger charge is 2.27. The molecule has 0 saturated carbocycles. The van der Waals surface area contributed by atoms with Crippen LogP contribution < -0.4 is 21.1 Å². The van der Waals surface area contributed by atoms with Crippen molar-refractivity contribution in [3.8, 4) is 27.3 Å². The van der Waals surface area contributed by atoms with Crippen LogP contribution in [-0.2, 0) is 17.7 Å². The molecule has 0 saturated heterocycles. The van der Waals surface area contributed by atoms with Crippen molar-refractivity contribution in [1.82, 2.24) is 20.3 Å². The lowest BCUT2D eigenvalue weighted by atomic mass is 9.93. The molecule has 41 heavy (non-hydrogen) atoms. The van der Waals surface area contributed by atoms with Crippen molar-refractivity contribution in [1.29, 1.82) is 0 Å². The number of carbonyl (C=O) groups excluding carboxylic acids is 3. The van der Waals surface area contributed by atoms with Crippen molar-refractivity contribution < 1.29 is 23.9 Å². The average Bonchev–Trinajstić information content (AvgIpc) is 3.40. The van der Waals surface area contributed by atoms with Crippen molar-refractivity contribution >= 4 is 34.9 Å². The van der Waals surface area contributed by atoms with Crippen LogP contribution in [0.3, 0.4) is 0 Å². The Hall–Kier alpha value is -4.68. The van der Waals surface area contributed by atoms with E-state index in [4.69, 9.17) is 15.2 Å². The quantitative estimate of drug-likeness (QED) is 0.267. The highest BCUT2D eigenvalue weighted by Crippen LogP contribution is 2.43. The van der Waals surface area contributed by atoms with Gasteiger partial charge in [0.2, 0.25) is 0 Å². The van der Waals surface area contributed by atoms with E-state index in [9.17, 15) is 14.4 Å². The number of nitrogens with two attached hydrogens (primary N) is 1. The lowest BCUT2D eigenvalue weighted by molar-refractivity contribution is 0.0594. The number of carbonyl (C=O) groups is 3. The molecule has 0 atom stereocenters. The fourth-order valence-electron chi connectivity index (χ4n) is 4.42. The molecule has 0 bridgehead atoms.